The fourth-order valence-electron chi connectivity index (χ4n) is 3.57. The Morgan fingerprint density at radius 1 is 1.17 bits per heavy atom. The summed E-state index contributed by atoms with van der Waals surface area (Å²) in [7, 11) is 0. The first-order valence-electron chi connectivity index (χ1n) is 10.5. The van der Waals surface area contributed by atoms with Crippen molar-refractivity contribution in [2.75, 3.05) is 19.8 Å². The van der Waals surface area contributed by atoms with Gasteiger partial charge in [-0.2, -0.15) is 0 Å². The minimum atomic E-state index is 0.0397. The van der Waals surface area contributed by atoms with E-state index in [0.717, 1.165) is 45.6 Å². The number of ether oxygens (including phenoxy) is 2. The third-order valence-corrected chi connectivity index (χ3v) is 6.16. The normalized spacial score (nSPS) is 21.8. The van der Waals surface area contributed by atoms with Gasteiger partial charge in [0.15, 0.2) is 10.9 Å². The van der Waals surface area contributed by atoms with Crippen molar-refractivity contribution in [3.63, 3.8) is 0 Å². The van der Waals surface area contributed by atoms with Crippen LogP contribution >= 0.6 is 11.8 Å². The molecule has 30 heavy (non-hydrogen) atoms. The lowest BCUT2D eigenvalue weighted by atomic mass is 10.0. The first-order chi connectivity index (χ1) is 14.5. The van der Waals surface area contributed by atoms with Gasteiger partial charge >= 0.3 is 0 Å². The van der Waals surface area contributed by atoms with Gasteiger partial charge in [-0.05, 0) is 54.3 Å². The molecule has 1 amide bonds. The van der Waals surface area contributed by atoms with Gasteiger partial charge in [-0.25, -0.2) is 0 Å². The highest BCUT2D eigenvalue weighted by molar-refractivity contribution is 8.18. The van der Waals surface area contributed by atoms with Gasteiger partial charge in [0.2, 0.25) is 0 Å². The van der Waals surface area contributed by atoms with Crippen molar-refractivity contribution in [1.82, 2.24) is 4.90 Å². The highest BCUT2D eigenvalue weighted by atomic mass is 32.2. The molecule has 158 valence electrons. The number of thioether (sulfide) groups is 1. The van der Waals surface area contributed by atoms with Crippen LogP contribution in [0.15, 0.2) is 63.4 Å². The highest BCUT2D eigenvalue weighted by Crippen LogP contribution is 2.35. The second kappa shape index (κ2) is 9.13. The summed E-state index contributed by atoms with van der Waals surface area (Å²) < 4.78 is 11.4. The number of rotatable bonds is 5. The van der Waals surface area contributed by atoms with Crippen LogP contribution < -0.4 is 0 Å². The zero-order chi connectivity index (χ0) is 21.1. The summed E-state index contributed by atoms with van der Waals surface area (Å²) >= 11 is 1.47. The van der Waals surface area contributed by atoms with Crippen LogP contribution in [0.3, 0.4) is 0 Å². The maximum absolute atomic E-state index is 13.1. The summed E-state index contributed by atoms with van der Waals surface area (Å²) in [5, 5.41) is 0.786. The highest BCUT2D eigenvalue weighted by Gasteiger charge is 2.34. The van der Waals surface area contributed by atoms with E-state index < -0.39 is 0 Å². The Kier molecular flexibility index (Phi) is 6.32. The quantitative estimate of drug-likeness (QED) is 0.628. The topological polar surface area (TPSA) is 51.1 Å². The zero-order valence-corrected chi connectivity index (χ0v) is 18.6. The standard InChI is InChI=1S/C24H28N2O3S/c1-16(2)15-26-23(27)22(13-19-8-9-20-21(12-19)29-11-10-28-20)30-24(26)25-14-18-6-4-17(3)5-7-18/h4-7,12-13,16H,8-11,14-15H2,1-3H3/b22-13-,25-24-. The molecule has 0 radical (unpaired) electrons. The third kappa shape index (κ3) is 4.81. The van der Waals surface area contributed by atoms with Crippen LogP contribution in [0.2, 0.25) is 0 Å². The third-order valence-electron chi connectivity index (χ3n) is 5.12. The number of amides is 1. The monoisotopic (exact) mass is 424 g/mol. The molecule has 0 unspecified atom stereocenters. The fraction of sp³-hybridized carbons (Fsp3) is 0.417. The summed E-state index contributed by atoms with van der Waals surface area (Å²) in [5.74, 6) is 2.14. The minimum Gasteiger partial charge on any atom is -0.491 e. The first kappa shape index (κ1) is 20.8. The van der Waals surface area contributed by atoms with Gasteiger partial charge in [-0.15, -0.1) is 0 Å². The van der Waals surface area contributed by atoms with Crippen molar-refractivity contribution in [2.24, 2.45) is 10.9 Å². The number of hydrogen-bond acceptors (Lipinski definition) is 5. The lowest BCUT2D eigenvalue weighted by molar-refractivity contribution is -0.122. The maximum Gasteiger partial charge on any atom is 0.266 e. The van der Waals surface area contributed by atoms with Gasteiger partial charge in [-0.3, -0.25) is 14.7 Å². The molecular weight excluding hydrogens is 396 g/mol. The fourth-order valence-corrected chi connectivity index (χ4v) is 4.57. The van der Waals surface area contributed by atoms with Gasteiger partial charge < -0.3 is 9.47 Å². The van der Waals surface area contributed by atoms with Crippen molar-refractivity contribution < 1.29 is 14.3 Å². The number of carbonyl (C=O) groups excluding carboxylic acids is 1. The second-order valence-electron chi connectivity index (χ2n) is 8.21. The Balaban J connectivity index is 1.56. The summed E-state index contributed by atoms with van der Waals surface area (Å²) in [5.41, 5.74) is 3.47. The molecule has 4 rings (SSSR count). The Labute approximate surface area is 182 Å². The van der Waals surface area contributed by atoms with Crippen molar-refractivity contribution in [3.05, 3.63) is 69.5 Å². The number of nitrogens with zero attached hydrogens (tertiary/aromatic N) is 2. The molecule has 0 spiro atoms. The molecule has 3 aliphatic rings. The maximum atomic E-state index is 13.1. The molecule has 1 aliphatic carbocycles. The van der Waals surface area contributed by atoms with E-state index in [2.05, 4.69) is 45.0 Å². The lowest BCUT2D eigenvalue weighted by Crippen LogP contribution is -2.32. The molecule has 0 N–H and O–H groups in total. The Morgan fingerprint density at radius 2 is 1.93 bits per heavy atom. The Bertz CT molecular complexity index is 942. The molecule has 5 nitrogen and oxygen atoms in total. The van der Waals surface area contributed by atoms with Crippen LogP contribution in [-0.2, 0) is 20.8 Å². The van der Waals surface area contributed by atoms with Crippen molar-refractivity contribution in [3.8, 4) is 0 Å². The summed E-state index contributed by atoms with van der Waals surface area (Å²) in [4.78, 5) is 20.5. The lowest BCUT2D eigenvalue weighted by Gasteiger charge is -2.24. The number of carbonyl (C=O) groups is 1. The predicted molar refractivity (Wildman–Crippen MR) is 121 cm³/mol. The van der Waals surface area contributed by atoms with Crippen molar-refractivity contribution >= 4 is 22.8 Å². The van der Waals surface area contributed by atoms with E-state index in [-0.39, 0.29) is 5.91 Å². The number of hydrogen-bond donors (Lipinski definition) is 0. The van der Waals surface area contributed by atoms with Crippen LogP contribution in [0.4, 0.5) is 0 Å². The molecule has 0 aromatic heterocycles. The molecule has 0 bridgehead atoms. The predicted octanol–water partition coefficient (Wildman–Crippen LogP) is 4.94. The molecular formula is C24H28N2O3S. The molecule has 1 aromatic rings. The Morgan fingerprint density at radius 3 is 2.70 bits per heavy atom. The van der Waals surface area contributed by atoms with Crippen molar-refractivity contribution in [1.29, 1.82) is 0 Å². The van der Waals surface area contributed by atoms with Crippen LogP contribution in [0.1, 0.15) is 37.8 Å². The van der Waals surface area contributed by atoms with Gasteiger partial charge in [0, 0.05) is 13.0 Å². The number of aryl methyl sites for hydroxylation is 1. The molecule has 1 aromatic carbocycles. The van der Waals surface area contributed by atoms with E-state index in [1.807, 2.05) is 17.1 Å². The molecule has 1 saturated heterocycles. The van der Waals surface area contributed by atoms with Crippen LogP contribution in [0, 0.1) is 12.8 Å². The van der Waals surface area contributed by atoms with Gasteiger partial charge in [0.1, 0.15) is 19.0 Å². The van der Waals surface area contributed by atoms with Crippen LogP contribution in [0.5, 0.6) is 0 Å². The minimum absolute atomic E-state index is 0.0397. The molecule has 0 atom stereocenters. The zero-order valence-electron chi connectivity index (χ0n) is 17.8. The molecule has 1 fully saturated rings. The smallest absolute Gasteiger partial charge is 0.266 e. The van der Waals surface area contributed by atoms with E-state index in [0.29, 0.717) is 32.2 Å². The van der Waals surface area contributed by atoms with E-state index in [4.69, 9.17) is 14.5 Å². The average Bonchev–Trinajstić information content (AvgIpc) is 3.02. The molecule has 2 heterocycles. The first-order valence-corrected chi connectivity index (χ1v) is 11.3. The summed E-state index contributed by atoms with van der Waals surface area (Å²) in [6.45, 7) is 8.74. The van der Waals surface area contributed by atoms with Gasteiger partial charge in [0.25, 0.3) is 5.91 Å². The van der Waals surface area contributed by atoms with E-state index in [1.54, 1.807) is 0 Å². The second-order valence-corrected chi connectivity index (χ2v) is 9.22. The summed E-state index contributed by atoms with van der Waals surface area (Å²) in [6.07, 6.45) is 5.66. The average molecular weight is 425 g/mol. The number of amidine groups is 1. The molecule has 2 aliphatic heterocycles. The SMILES string of the molecule is Cc1ccc(C/N=C2\S/C(=C\C3=CC4=C(CC3)OCCO4)C(=O)N2CC(C)C)cc1. The van der Waals surface area contributed by atoms with E-state index in [1.165, 1.54) is 17.3 Å². The molecule has 0 saturated carbocycles. The summed E-state index contributed by atoms with van der Waals surface area (Å²) in [6, 6.07) is 8.37. The number of aliphatic imine (C=N–C) groups is 1. The van der Waals surface area contributed by atoms with Crippen LogP contribution in [0.25, 0.3) is 0 Å². The van der Waals surface area contributed by atoms with E-state index >= 15 is 0 Å². The van der Waals surface area contributed by atoms with E-state index in [9.17, 15) is 4.79 Å². The largest absolute Gasteiger partial charge is 0.491 e. The molecule has 6 heteroatoms. The number of benzene rings is 1. The number of allylic oxidation sites excluding steroid dienone is 4. The van der Waals surface area contributed by atoms with Crippen molar-refractivity contribution in [2.45, 2.75) is 40.2 Å². The van der Waals surface area contributed by atoms with Crippen LogP contribution in [-0.4, -0.2) is 35.7 Å². The Hall–Kier alpha value is -2.47. The van der Waals surface area contributed by atoms with Gasteiger partial charge in [-0.1, -0.05) is 43.7 Å². The van der Waals surface area contributed by atoms with Gasteiger partial charge in [0.05, 0.1) is 11.4 Å².